The lowest BCUT2D eigenvalue weighted by molar-refractivity contribution is -0.315. The van der Waals surface area contributed by atoms with Gasteiger partial charge in [-0.2, -0.15) is 23.5 Å². The molecular formula is C39H76O4S2. The Morgan fingerprint density at radius 3 is 1.00 bits per heavy atom. The van der Waals surface area contributed by atoms with Gasteiger partial charge in [-0.3, -0.25) is 0 Å². The van der Waals surface area contributed by atoms with Crippen molar-refractivity contribution in [3.05, 3.63) is 0 Å². The van der Waals surface area contributed by atoms with E-state index < -0.39 is 0 Å². The van der Waals surface area contributed by atoms with Crippen molar-refractivity contribution in [3.63, 3.8) is 0 Å². The summed E-state index contributed by atoms with van der Waals surface area (Å²) < 4.78 is 25.0. The van der Waals surface area contributed by atoms with Crippen molar-refractivity contribution in [1.82, 2.24) is 0 Å². The molecule has 0 aromatic carbocycles. The maximum Gasteiger partial charge on any atom is 0.160 e. The fraction of sp³-hybridized carbons (Fsp3) is 1.00. The average molecular weight is 673 g/mol. The molecule has 2 heterocycles. The fourth-order valence-electron chi connectivity index (χ4n) is 6.47. The fourth-order valence-corrected chi connectivity index (χ4v) is 8.68. The van der Waals surface area contributed by atoms with Crippen LogP contribution in [0.1, 0.15) is 169 Å². The molecular weight excluding hydrogens is 597 g/mol. The Bertz CT molecular complexity index is 577. The van der Waals surface area contributed by atoms with Gasteiger partial charge in [0.1, 0.15) is 0 Å². The second-order valence-electron chi connectivity index (χ2n) is 14.7. The van der Waals surface area contributed by atoms with Crippen LogP contribution in [-0.2, 0) is 18.9 Å². The number of unbranched alkanes of at least 4 members (excludes halogenated alkanes) is 20. The smallest absolute Gasteiger partial charge is 0.160 e. The van der Waals surface area contributed by atoms with Crippen molar-refractivity contribution >= 4 is 23.5 Å². The van der Waals surface area contributed by atoms with E-state index in [2.05, 4.69) is 51.2 Å². The summed E-state index contributed by atoms with van der Waals surface area (Å²) in [7, 11) is 0. The molecule has 0 aliphatic carbocycles. The minimum Gasteiger partial charge on any atom is -0.352 e. The van der Waals surface area contributed by atoms with Crippen molar-refractivity contribution in [1.29, 1.82) is 0 Å². The van der Waals surface area contributed by atoms with E-state index in [9.17, 15) is 0 Å². The van der Waals surface area contributed by atoms with Gasteiger partial charge in [-0.15, -0.1) is 0 Å². The van der Waals surface area contributed by atoms with E-state index in [0.717, 1.165) is 11.5 Å². The first kappa shape index (κ1) is 41.7. The van der Waals surface area contributed by atoms with Crippen molar-refractivity contribution in [3.8, 4) is 0 Å². The third kappa shape index (κ3) is 20.6. The quantitative estimate of drug-likeness (QED) is 0.0707. The Labute approximate surface area is 289 Å². The summed E-state index contributed by atoms with van der Waals surface area (Å²) in [6.07, 6.45) is 30.8. The first-order valence-electron chi connectivity index (χ1n) is 19.7. The van der Waals surface area contributed by atoms with Gasteiger partial charge in [-0.25, -0.2) is 0 Å². The second kappa shape index (κ2) is 28.4. The predicted octanol–water partition coefficient (Wildman–Crippen LogP) is 12.1. The zero-order chi connectivity index (χ0) is 32.3. The molecule has 0 aromatic heterocycles. The highest BCUT2D eigenvalue weighted by Crippen LogP contribution is 2.34. The third-order valence-electron chi connectivity index (χ3n) is 9.69. The van der Waals surface area contributed by atoms with E-state index in [1.54, 1.807) is 0 Å². The molecule has 0 radical (unpaired) electrons. The summed E-state index contributed by atoms with van der Waals surface area (Å²) in [4.78, 5) is 0. The highest BCUT2D eigenvalue weighted by Gasteiger charge is 2.43. The molecule has 0 N–H and O–H groups in total. The molecule has 1 spiro atoms. The lowest BCUT2D eigenvalue weighted by Gasteiger charge is -2.45. The van der Waals surface area contributed by atoms with E-state index >= 15 is 0 Å². The maximum atomic E-state index is 6.25. The Balaban J connectivity index is 1.40. The summed E-state index contributed by atoms with van der Waals surface area (Å²) in [6.45, 7) is 11.9. The van der Waals surface area contributed by atoms with Crippen LogP contribution < -0.4 is 0 Å². The molecule has 2 fully saturated rings. The lowest BCUT2D eigenvalue weighted by Crippen LogP contribution is -2.54. The Hall–Kier alpha value is 0.540. The third-order valence-corrected chi connectivity index (χ3v) is 12.4. The van der Waals surface area contributed by atoms with Crippen LogP contribution in [0.5, 0.6) is 0 Å². The van der Waals surface area contributed by atoms with Crippen LogP contribution in [-0.4, -0.2) is 62.0 Å². The van der Waals surface area contributed by atoms with Gasteiger partial charge in [0.2, 0.25) is 0 Å². The standard InChI is InChI=1S/C39H76O4S2/c1-5-7-9-11-13-15-17-19-21-23-25-27-44-29-35(3)37-40-31-39(32-41-37)33-42-38(43-34-39)36(4)30-45-28-26-24-22-20-18-16-14-12-10-8-6-2/h35-38H,5-34H2,1-4H3. The molecule has 4 nitrogen and oxygen atoms in total. The molecule has 2 saturated heterocycles. The minimum absolute atomic E-state index is 0.0935. The van der Waals surface area contributed by atoms with E-state index in [4.69, 9.17) is 18.9 Å². The van der Waals surface area contributed by atoms with Gasteiger partial charge in [-0.05, 0) is 24.3 Å². The molecule has 268 valence electrons. The second-order valence-corrected chi connectivity index (χ2v) is 17.0. The maximum absolute atomic E-state index is 6.25. The molecule has 6 heteroatoms. The highest BCUT2D eigenvalue weighted by atomic mass is 32.2. The van der Waals surface area contributed by atoms with Crippen molar-refractivity contribution in [2.45, 2.75) is 182 Å². The molecule has 2 unspecified atom stereocenters. The monoisotopic (exact) mass is 673 g/mol. The summed E-state index contributed by atoms with van der Waals surface area (Å²) in [5.41, 5.74) is -0.141. The molecule has 0 bridgehead atoms. The molecule has 2 aliphatic rings. The van der Waals surface area contributed by atoms with Crippen LogP contribution in [0.3, 0.4) is 0 Å². The van der Waals surface area contributed by atoms with Crippen LogP contribution in [0.15, 0.2) is 0 Å². The Kier molecular flexibility index (Phi) is 26.3. The van der Waals surface area contributed by atoms with Gasteiger partial charge in [0, 0.05) is 23.3 Å². The van der Waals surface area contributed by atoms with E-state index in [1.165, 1.54) is 153 Å². The first-order valence-corrected chi connectivity index (χ1v) is 22.0. The molecule has 0 aromatic rings. The largest absolute Gasteiger partial charge is 0.352 e. The average Bonchev–Trinajstić information content (AvgIpc) is 3.06. The Morgan fingerprint density at radius 1 is 0.444 bits per heavy atom. The number of thioether (sulfide) groups is 2. The minimum atomic E-state index is -0.141. The van der Waals surface area contributed by atoms with Crippen LogP contribution >= 0.6 is 23.5 Å². The predicted molar refractivity (Wildman–Crippen MR) is 200 cm³/mol. The molecule has 2 atom stereocenters. The molecule has 0 amide bonds. The topological polar surface area (TPSA) is 36.9 Å². The molecule has 45 heavy (non-hydrogen) atoms. The van der Waals surface area contributed by atoms with E-state index in [-0.39, 0.29) is 18.0 Å². The van der Waals surface area contributed by atoms with Crippen LogP contribution in [0.25, 0.3) is 0 Å². The zero-order valence-corrected chi connectivity index (χ0v) is 32.1. The van der Waals surface area contributed by atoms with Crippen molar-refractivity contribution in [2.24, 2.45) is 17.3 Å². The number of hydrogen-bond donors (Lipinski definition) is 0. The van der Waals surface area contributed by atoms with Crippen LogP contribution in [0.2, 0.25) is 0 Å². The normalized spacial score (nSPS) is 23.5. The first-order chi connectivity index (χ1) is 22.1. The summed E-state index contributed by atoms with van der Waals surface area (Å²) in [5, 5.41) is 0. The SMILES string of the molecule is CCCCCCCCCCCCCSCC(C)C1OCC2(CO1)COC(C(C)CSCCCCCCCCCCCCC)OC2. The molecule has 2 aliphatic heterocycles. The Morgan fingerprint density at radius 2 is 0.711 bits per heavy atom. The lowest BCUT2D eigenvalue weighted by atomic mass is 9.90. The van der Waals surface area contributed by atoms with Crippen LogP contribution in [0.4, 0.5) is 0 Å². The van der Waals surface area contributed by atoms with E-state index in [1.807, 2.05) is 0 Å². The van der Waals surface area contributed by atoms with Gasteiger partial charge in [0.25, 0.3) is 0 Å². The van der Waals surface area contributed by atoms with Crippen molar-refractivity contribution in [2.75, 3.05) is 49.4 Å². The van der Waals surface area contributed by atoms with Gasteiger partial charge >= 0.3 is 0 Å². The van der Waals surface area contributed by atoms with Gasteiger partial charge in [0.05, 0.1) is 31.8 Å². The van der Waals surface area contributed by atoms with Crippen LogP contribution in [0, 0.1) is 17.3 Å². The van der Waals surface area contributed by atoms with Gasteiger partial charge < -0.3 is 18.9 Å². The number of ether oxygens (including phenoxy) is 4. The highest BCUT2D eigenvalue weighted by molar-refractivity contribution is 7.99. The van der Waals surface area contributed by atoms with Gasteiger partial charge in [0.15, 0.2) is 12.6 Å². The molecule has 2 rings (SSSR count). The molecule has 0 saturated carbocycles. The van der Waals surface area contributed by atoms with Gasteiger partial charge in [-0.1, -0.05) is 156 Å². The summed E-state index contributed by atoms with van der Waals surface area (Å²) in [6, 6.07) is 0. The van der Waals surface area contributed by atoms with Crippen molar-refractivity contribution < 1.29 is 18.9 Å². The van der Waals surface area contributed by atoms with E-state index in [0.29, 0.717) is 38.3 Å². The number of rotatable bonds is 30. The summed E-state index contributed by atoms with van der Waals surface area (Å²) >= 11 is 4.14. The zero-order valence-electron chi connectivity index (χ0n) is 30.5. The summed E-state index contributed by atoms with van der Waals surface area (Å²) in [5.74, 6) is 5.57. The number of hydrogen-bond acceptors (Lipinski definition) is 6.